The van der Waals surface area contributed by atoms with Gasteiger partial charge < -0.3 is 15.2 Å². The normalized spacial score (nSPS) is 17.4. The van der Waals surface area contributed by atoms with Crippen molar-refractivity contribution in [1.82, 2.24) is 9.55 Å². The molecule has 28 heavy (non-hydrogen) atoms. The molecule has 2 aliphatic rings. The molecule has 2 heterocycles. The number of rotatable bonds is 2. The van der Waals surface area contributed by atoms with Crippen molar-refractivity contribution in [3.63, 3.8) is 0 Å². The largest absolute Gasteiger partial charge is 0.382 e. The van der Waals surface area contributed by atoms with Crippen LogP contribution in [0, 0.1) is 0 Å². The summed E-state index contributed by atoms with van der Waals surface area (Å²) >= 11 is 6.19. The van der Waals surface area contributed by atoms with Gasteiger partial charge in [-0.25, -0.2) is 4.98 Å². The molecule has 1 aliphatic carbocycles. The number of anilines is 2. The van der Waals surface area contributed by atoms with Crippen LogP contribution in [0.3, 0.4) is 0 Å². The number of carbonyl (C=O) groups is 1. The maximum Gasteiger partial charge on any atom is 0.244 e. The first kappa shape index (κ1) is 17.6. The number of nitrogens with one attached hydrogen (secondary N) is 2. The lowest BCUT2D eigenvalue weighted by Gasteiger charge is -2.19. The number of aromatic nitrogens is 2. The molecule has 1 aliphatic heterocycles. The molecule has 6 heteroatoms. The lowest BCUT2D eigenvalue weighted by Crippen LogP contribution is -2.18. The van der Waals surface area contributed by atoms with Gasteiger partial charge in [0.2, 0.25) is 5.91 Å². The molecule has 0 spiro atoms. The quantitative estimate of drug-likeness (QED) is 0.568. The third-order valence-corrected chi connectivity index (χ3v) is 6.01. The minimum Gasteiger partial charge on any atom is -0.382 e. The van der Waals surface area contributed by atoms with Crippen LogP contribution in [-0.2, 0) is 11.3 Å². The van der Waals surface area contributed by atoms with E-state index in [-0.39, 0.29) is 12.5 Å². The molecule has 1 amide bonds. The molecule has 0 unspecified atom stereocenters. The van der Waals surface area contributed by atoms with E-state index < -0.39 is 0 Å². The summed E-state index contributed by atoms with van der Waals surface area (Å²) in [5.74, 6) is 0.749. The van der Waals surface area contributed by atoms with E-state index in [1.807, 2.05) is 28.8 Å². The van der Waals surface area contributed by atoms with Gasteiger partial charge in [0.15, 0.2) is 0 Å². The highest BCUT2D eigenvalue weighted by Gasteiger charge is 2.23. The zero-order chi connectivity index (χ0) is 19.1. The summed E-state index contributed by atoms with van der Waals surface area (Å²) in [6.07, 6.45) is 7.67. The number of nitrogens with zero attached hydrogens (tertiary/aromatic N) is 2. The maximum absolute atomic E-state index is 12.5. The second kappa shape index (κ2) is 7.13. The zero-order valence-corrected chi connectivity index (χ0v) is 16.4. The molecule has 1 saturated carbocycles. The van der Waals surface area contributed by atoms with Crippen LogP contribution in [0.25, 0.3) is 22.4 Å². The van der Waals surface area contributed by atoms with Gasteiger partial charge in [0.05, 0.1) is 16.7 Å². The first-order valence-electron chi connectivity index (χ1n) is 10.0. The fourth-order valence-electron chi connectivity index (χ4n) is 4.38. The van der Waals surface area contributed by atoms with Crippen LogP contribution in [0.4, 0.5) is 11.4 Å². The number of hydrogen-bond acceptors (Lipinski definition) is 3. The Kier molecular flexibility index (Phi) is 4.47. The van der Waals surface area contributed by atoms with Crippen molar-refractivity contribution in [3.05, 3.63) is 41.4 Å². The van der Waals surface area contributed by atoms with Gasteiger partial charge in [-0.1, -0.05) is 37.3 Å². The van der Waals surface area contributed by atoms with Crippen LogP contribution < -0.4 is 10.6 Å². The van der Waals surface area contributed by atoms with Crippen molar-refractivity contribution >= 4 is 39.9 Å². The van der Waals surface area contributed by atoms with E-state index in [0.29, 0.717) is 11.1 Å². The SMILES string of the molecule is O=C1Cn2c(nc3ccc(Cl)cc32)-c2cc(NC3CCCCCC3)ccc2N1. The highest BCUT2D eigenvalue weighted by Crippen LogP contribution is 2.36. The Balaban J connectivity index is 1.58. The van der Waals surface area contributed by atoms with Crippen LogP contribution in [0.5, 0.6) is 0 Å². The summed E-state index contributed by atoms with van der Waals surface area (Å²) in [7, 11) is 0. The molecule has 5 nitrogen and oxygen atoms in total. The van der Waals surface area contributed by atoms with Crippen LogP contribution in [-0.4, -0.2) is 21.5 Å². The third-order valence-electron chi connectivity index (χ3n) is 5.77. The van der Waals surface area contributed by atoms with Crippen molar-refractivity contribution in [1.29, 1.82) is 0 Å². The topological polar surface area (TPSA) is 59.0 Å². The van der Waals surface area contributed by atoms with Crippen LogP contribution >= 0.6 is 11.6 Å². The van der Waals surface area contributed by atoms with Crippen molar-refractivity contribution in [2.75, 3.05) is 10.6 Å². The molecule has 0 saturated heterocycles. The molecular formula is C22H23ClN4O. The average molecular weight is 395 g/mol. The lowest BCUT2D eigenvalue weighted by molar-refractivity contribution is -0.116. The first-order valence-corrected chi connectivity index (χ1v) is 10.4. The van der Waals surface area contributed by atoms with Gasteiger partial charge in [0, 0.05) is 22.3 Å². The highest BCUT2D eigenvalue weighted by atomic mass is 35.5. The van der Waals surface area contributed by atoms with E-state index >= 15 is 0 Å². The Hall–Kier alpha value is -2.53. The summed E-state index contributed by atoms with van der Waals surface area (Å²) in [5.41, 5.74) is 4.56. The van der Waals surface area contributed by atoms with Crippen molar-refractivity contribution in [2.24, 2.45) is 0 Å². The molecule has 0 atom stereocenters. The van der Waals surface area contributed by atoms with Gasteiger partial charge >= 0.3 is 0 Å². The van der Waals surface area contributed by atoms with Gasteiger partial charge in [0.25, 0.3) is 0 Å². The monoisotopic (exact) mass is 394 g/mol. The zero-order valence-electron chi connectivity index (χ0n) is 15.7. The Bertz CT molecular complexity index is 1050. The fourth-order valence-corrected chi connectivity index (χ4v) is 4.55. The summed E-state index contributed by atoms with van der Waals surface area (Å²) in [6.45, 7) is 0.228. The first-order chi connectivity index (χ1) is 13.7. The molecule has 5 rings (SSSR count). The Morgan fingerprint density at radius 2 is 1.89 bits per heavy atom. The number of amides is 1. The fraction of sp³-hybridized carbons (Fsp3) is 0.364. The minimum absolute atomic E-state index is 0.0521. The predicted molar refractivity (Wildman–Crippen MR) is 114 cm³/mol. The van der Waals surface area contributed by atoms with E-state index in [1.165, 1.54) is 38.5 Å². The second-order valence-corrected chi connectivity index (χ2v) is 8.23. The van der Waals surface area contributed by atoms with Crippen LogP contribution in [0.1, 0.15) is 38.5 Å². The van der Waals surface area contributed by atoms with E-state index in [2.05, 4.69) is 22.8 Å². The number of fused-ring (bicyclic) bond motifs is 5. The van der Waals surface area contributed by atoms with Gasteiger partial charge in [0.1, 0.15) is 12.4 Å². The standard InChI is InChI=1S/C22H23ClN4O/c23-14-7-9-19-20(11-14)27-13-21(28)25-18-10-8-16(12-17(18)22(27)26-19)24-15-5-3-1-2-4-6-15/h7-12,15,24H,1-6,13H2,(H,25,28). The molecule has 144 valence electrons. The number of halogens is 1. The van der Waals surface area contributed by atoms with Crippen molar-refractivity contribution in [2.45, 2.75) is 51.1 Å². The number of imidazole rings is 1. The summed E-state index contributed by atoms with van der Waals surface area (Å²) in [5, 5.41) is 7.36. The van der Waals surface area contributed by atoms with Crippen LogP contribution in [0.2, 0.25) is 5.02 Å². The Morgan fingerprint density at radius 3 is 2.71 bits per heavy atom. The van der Waals surface area contributed by atoms with Gasteiger partial charge in [-0.05, 0) is 49.2 Å². The summed E-state index contributed by atoms with van der Waals surface area (Å²) < 4.78 is 1.96. The summed E-state index contributed by atoms with van der Waals surface area (Å²) in [4.78, 5) is 17.3. The van der Waals surface area contributed by atoms with E-state index in [4.69, 9.17) is 16.6 Å². The van der Waals surface area contributed by atoms with Gasteiger partial charge in [-0.3, -0.25) is 4.79 Å². The number of carbonyl (C=O) groups excluding carboxylic acids is 1. The molecule has 2 aromatic carbocycles. The van der Waals surface area contributed by atoms with Crippen LogP contribution in [0.15, 0.2) is 36.4 Å². The molecule has 1 fully saturated rings. The second-order valence-electron chi connectivity index (χ2n) is 7.80. The van der Waals surface area contributed by atoms with Gasteiger partial charge in [-0.2, -0.15) is 0 Å². The molecule has 2 N–H and O–H groups in total. The van der Waals surface area contributed by atoms with E-state index in [1.54, 1.807) is 0 Å². The molecule has 1 aromatic heterocycles. The maximum atomic E-state index is 12.5. The van der Waals surface area contributed by atoms with E-state index in [9.17, 15) is 4.79 Å². The minimum atomic E-state index is -0.0521. The number of hydrogen-bond donors (Lipinski definition) is 2. The molecule has 0 bridgehead atoms. The van der Waals surface area contributed by atoms with Crippen molar-refractivity contribution in [3.8, 4) is 11.4 Å². The third kappa shape index (κ3) is 3.24. The van der Waals surface area contributed by atoms with E-state index in [0.717, 1.165) is 33.8 Å². The van der Waals surface area contributed by atoms with Gasteiger partial charge in [-0.15, -0.1) is 0 Å². The Morgan fingerprint density at radius 1 is 1.07 bits per heavy atom. The Labute approximate surface area is 169 Å². The lowest BCUT2D eigenvalue weighted by atomic mass is 10.1. The molecular weight excluding hydrogens is 372 g/mol. The van der Waals surface area contributed by atoms with Crippen molar-refractivity contribution < 1.29 is 4.79 Å². The summed E-state index contributed by atoms with van der Waals surface area (Å²) in [6, 6.07) is 12.3. The molecule has 3 aromatic rings. The average Bonchev–Trinajstić information content (AvgIpc) is 2.83. The highest BCUT2D eigenvalue weighted by molar-refractivity contribution is 6.31. The predicted octanol–water partition coefficient (Wildman–Crippen LogP) is 5.44. The smallest absolute Gasteiger partial charge is 0.244 e. The number of benzene rings is 2. The molecule has 0 radical (unpaired) electrons.